The second-order valence-electron chi connectivity index (χ2n) is 5.75. The molecule has 0 N–H and O–H groups in total. The molecule has 5 nitrogen and oxygen atoms in total. The van der Waals surface area contributed by atoms with Crippen LogP contribution in [0.3, 0.4) is 0 Å². The Labute approximate surface area is 151 Å². The van der Waals surface area contributed by atoms with E-state index < -0.39 is 5.57 Å². The van der Waals surface area contributed by atoms with Gasteiger partial charge in [-0.2, -0.15) is 9.78 Å². The molecule has 2 aromatic carbocycles. The first-order valence-electron chi connectivity index (χ1n) is 7.67. The minimum Gasteiger partial charge on any atom is -0.420 e. The van der Waals surface area contributed by atoms with Gasteiger partial charge < -0.3 is 9.30 Å². The second-order valence-corrected chi connectivity index (χ2v) is 6.19. The molecule has 0 aliphatic rings. The molecule has 0 fully saturated rings. The number of para-hydroxylation sites is 1. The standard InChI is InChI=1S/C18H12ClF2N3O2/c1-23-14-5-3-2-4-13(14)17-15(23)10-16(25)24(22-17)11-6-8-12(9-7-11)26-18(19,20)21/h2-10H,1H3. The van der Waals surface area contributed by atoms with E-state index in [4.69, 9.17) is 11.6 Å². The van der Waals surface area contributed by atoms with Crippen molar-refractivity contribution in [3.63, 3.8) is 0 Å². The lowest BCUT2D eigenvalue weighted by molar-refractivity contribution is -0.0964. The molecule has 8 heteroatoms. The Morgan fingerprint density at radius 2 is 1.77 bits per heavy atom. The maximum atomic E-state index is 12.7. The Kier molecular flexibility index (Phi) is 3.69. The van der Waals surface area contributed by atoms with Crippen LogP contribution in [0.25, 0.3) is 27.6 Å². The Morgan fingerprint density at radius 3 is 2.46 bits per heavy atom. The molecule has 0 spiro atoms. The van der Waals surface area contributed by atoms with Crippen molar-refractivity contribution in [2.24, 2.45) is 7.05 Å². The molecular weight excluding hydrogens is 364 g/mol. The predicted octanol–water partition coefficient (Wildman–Crippen LogP) is 4.05. The third-order valence-electron chi connectivity index (χ3n) is 4.11. The molecule has 0 unspecified atom stereocenters. The number of alkyl halides is 3. The smallest absolute Gasteiger partial charge is 0.420 e. The minimum atomic E-state index is -3.79. The molecule has 4 rings (SSSR count). The third kappa shape index (κ3) is 2.80. The van der Waals surface area contributed by atoms with Gasteiger partial charge in [-0.05, 0) is 30.3 Å². The van der Waals surface area contributed by atoms with E-state index in [0.29, 0.717) is 16.7 Å². The van der Waals surface area contributed by atoms with Gasteiger partial charge in [0.25, 0.3) is 5.56 Å². The van der Waals surface area contributed by atoms with Crippen molar-refractivity contribution in [1.82, 2.24) is 14.3 Å². The summed E-state index contributed by atoms with van der Waals surface area (Å²) in [5.41, 5.74) is -1.35. The topological polar surface area (TPSA) is 49.0 Å². The molecular formula is C18H12ClF2N3O2. The van der Waals surface area contributed by atoms with Crippen LogP contribution in [0.2, 0.25) is 0 Å². The van der Waals surface area contributed by atoms with Gasteiger partial charge in [0.05, 0.1) is 16.7 Å². The number of hydrogen-bond donors (Lipinski definition) is 0. The fourth-order valence-electron chi connectivity index (χ4n) is 2.96. The van der Waals surface area contributed by atoms with E-state index in [0.717, 1.165) is 10.9 Å². The third-order valence-corrected chi connectivity index (χ3v) is 4.19. The number of fused-ring (bicyclic) bond motifs is 3. The van der Waals surface area contributed by atoms with Crippen molar-refractivity contribution in [1.29, 1.82) is 0 Å². The van der Waals surface area contributed by atoms with Crippen molar-refractivity contribution in [2.75, 3.05) is 0 Å². The van der Waals surface area contributed by atoms with Gasteiger partial charge in [0.2, 0.25) is 0 Å². The first-order valence-corrected chi connectivity index (χ1v) is 8.05. The number of halogens is 3. The highest BCUT2D eigenvalue weighted by Gasteiger charge is 2.27. The predicted molar refractivity (Wildman–Crippen MR) is 95.2 cm³/mol. The Morgan fingerprint density at radius 1 is 1.08 bits per heavy atom. The normalized spacial score (nSPS) is 12.0. The molecule has 0 saturated carbocycles. The molecule has 4 aromatic rings. The highest BCUT2D eigenvalue weighted by atomic mass is 35.5. The van der Waals surface area contributed by atoms with Gasteiger partial charge in [0.15, 0.2) is 0 Å². The second kappa shape index (κ2) is 5.81. The number of hydrogen-bond acceptors (Lipinski definition) is 3. The largest absolute Gasteiger partial charge is 0.487 e. The average Bonchev–Trinajstić information content (AvgIpc) is 2.86. The molecule has 0 radical (unpaired) electrons. The molecule has 0 bridgehead atoms. The van der Waals surface area contributed by atoms with Crippen LogP contribution in [0.4, 0.5) is 8.78 Å². The van der Waals surface area contributed by atoms with Crippen molar-refractivity contribution in [2.45, 2.75) is 5.57 Å². The highest BCUT2D eigenvalue weighted by molar-refractivity contribution is 6.20. The van der Waals surface area contributed by atoms with Crippen LogP contribution in [0.1, 0.15) is 0 Å². The maximum Gasteiger partial charge on any atom is 0.487 e. The van der Waals surface area contributed by atoms with Crippen molar-refractivity contribution < 1.29 is 13.5 Å². The molecule has 0 amide bonds. The monoisotopic (exact) mass is 375 g/mol. The first kappa shape index (κ1) is 16.5. The van der Waals surface area contributed by atoms with Gasteiger partial charge in [-0.3, -0.25) is 4.79 Å². The van der Waals surface area contributed by atoms with Gasteiger partial charge in [0, 0.05) is 30.1 Å². The summed E-state index contributed by atoms with van der Waals surface area (Å²) in [5.74, 6) is -0.118. The lowest BCUT2D eigenvalue weighted by atomic mass is 10.2. The van der Waals surface area contributed by atoms with E-state index in [1.165, 1.54) is 35.0 Å². The van der Waals surface area contributed by atoms with Crippen molar-refractivity contribution in [3.05, 3.63) is 65.0 Å². The van der Waals surface area contributed by atoms with Crippen LogP contribution in [0, 0.1) is 0 Å². The van der Waals surface area contributed by atoms with Crippen LogP contribution >= 0.6 is 11.6 Å². The summed E-state index contributed by atoms with van der Waals surface area (Å²) in [6.45, 7) is 0. The Balaban J connectivity index is 1.85. The Bertz CT molecular complexity index is 1180. The van der Waals surface area contributed by atoms with Gasteiger partial charge >= 0.3 is 5.57 Å². The zero-order valence-electron chi connectivity index (χ0n) is 13.5. The molecule has 0 aliphatic carbocycles. The highest BCUT2D eigenvalue weighted by Crippen LogP contribution is 2.27. The fourth-order valence-corrected chi connectivity index (χ4v) is 3.05. The number of rotatable bonds is 3. The summed E-state index contributed by atoms with van der Waals surface area (Å²) in [6, 6.07) is 14.7. The van der Waals surface area contributed by atoms with Crippen LogP contribution in [-0.2, 0) is 7.05 Å². The molecule has 0 saturated heterocycles. The zero-order valence-corrected chi connectivity index (χ0v) is 14.2. The first-order chi connectivity index (χ1) is 12.3. The van der Waals surface area contributed by atoms with Gasteiger partial charge in [-0.25, -0.2) is 0 Å². The van der Waals surface area contributed by atoms with Gasteiger partial charge in [-0.1, -0.05) is 18.2 Å². The summed E-state index contributed by atoms with van der Waals surface area (Å²) >= 11 is 4.75. The van der Waals surface area contributed by atoms with E-state index in [9.17, 15) is 13.6 Å². The SMILES string of the molecule is Cn1c2ccccc2c2nn(-c3ccc(OC(F)(F)Cl)cc3)c(=O)cc21. The van der Waals surface area contributed by atoms with E-state index in [-0.39, 0.29) is 11.3 Å². The van der Waals surface area contributed by atoms with Crippen LogP contribution in [-0.4, -0.2) is 19.9 Å². The van der Waals surface area contributed by atoms with Crippen molar-refractivity contribution in [3.8, 4) is 11.4 Å². The quantitative estimate of drug-likeness (QED) is 0.508. The number of benzene rings is 2. The van der Waals surface area contributed by atoms with E-state index in [1.54, 1.807) is 0 Å². The maximum absolute atomic E-state index is 12.7. The summed E-state index contributed by atoms with van der Waals surface area (Å²) in [7, 11) is 1.87. The lowest BCUT2D eigenvalue weighted by Gasteiger charge is -2.11. The number of nitrogens with zero attached hydrogens (tertiary/aromatic N) is 3. The van der Waals surface area contributed by atoms with E-state index >= 15 is 0 Å². The van der Waals surface area contributed by atoms with Crippen LogP contribution in [0.15, 0.2) is 59.4 Å². The summed E-state index contributed by atoms with van der Waals surface area (Å²) in [5, 5.41) is 5.38. The molecule has 2 aromatic heterocycles. The molecule has 0 aliphatic heterocycles. The Hall–Kier alpha value is -2.93. The molecule has 0 atom stereocenters. The minimum absolute atomic E-state index is 0.118. The molecule has 2 heterocycles. The number of aromatic nitrogens is 3. The molecule has 26 heavy (non-hydrogen) atoms. The summed E-state index contributed by atoms with van der Waals surface area (Å²) in [6.07, 6.45) is 0. The van der Waals surface area contributed by atoms with Gasteiger partial charge in [-0.15, -0.1) is 8.78 Å². The lowest BCUT2D eigenvalue weighted by Crippen LogP contribution is -2.20. The average molecular weight is 376 g/mol. The fraction of sp³-hybridized carbons (Fsp3) is 0.111. The summed E-state index contributed by atoms with van der Waals surface area (Å²) in [4.78, 5) is 12.5. The van der Waals surface area contributed by atoms with E-state index in [1.807, 2.05) is 35.9 Å². The number of aryl methyl sites for hydroxylation is 1. The molecule has 132 valence electrons. The van der Waals surface area contributed by atoms with Crippen molar-refractivity contribution >= 4 is 33.5 Å². The zero-order chi connectivity index (χ0) is 18.5. The van der Waals surface area contributed by atoms with Crippen LogP contribution < -0.4 is 10.3 Å². The van der Waals surface area contributed by atoms with Crippen LogP contribution in [0.5, 0.6) is 5.75 Å². The van der Waals surface area contributed by atoms with Gasteiger partial charge in [0.1, 0.15) is 11.3 Å². The number of ether oxygens (including phenoxy) is 1. The summed E-state index contributed by atoms with van der Waals surface area (Å²) < 4.78 is 32.8. The van der Waals surface area contributed by atoms with E-state index in [2.05, 4.69) is 9.84 Å².